The Hall–Kier alpha value is -1.48. The van der Waals surface area contributed by atoms with E-state index in [1.807, 2.05) is 24.3 Å². The van der Waals surface area contributed by atoms with Crippen molar-refractivity contribution in [2.75, 3.05) is 0 Å². The van der Waals surface area contributed by atoms with E-state index in [2.05, 4.69) is 4.98 Å². The van der Waals surface area contributed by atoms with Crippen LogP contribution in [0.3, 0.4) is 0 Å². The van der Waals surface area contributed by atoms with Crippen LogP contribution in [0, 0.1) is 0 Å². The number of pyridine rings is 1. The third-order valence-electron chi connectivity index (χ3n) is 3.06. The van der Waals surface area contributed by atoms with Gasteiger partial charge in [0, 0.05) is 27.9 Å². The number of fused-ring (bicyclic) bond motifs is 1. The summed E-state index contributed by atoms with van der Waals surface area (Å²) in [6, 6.07) is 13.1. The molecule has 0 aliphatic rings. The summed E-state index contributed by atoms with van der Waals surface area (Å²) in [5.41, 5.74) is 0.843. The number of ether oxygens (including phenoxy) is 1. The average Bonchev–Trinajstić information content (AvgIpc) is 2.52. The number of benzene rings is 2. The average molecular weight is 339 g/mol. The second kappa shape index (κ2) is 6.10. The van der Waals surface area contributed by atoms with E-state index in [4.69, 9.17) is 39.5 Å². The highest BCUT2D eigenvalue weighted by Crippen LogP contribution is 2.35. The fourth-order valence-corrected chi connectivity index (χ4v) is 2.64. The van der Waals surface area contributed by atoms with Gasteiger partial charge in [-0.25, -0.2) is 4.98 Å². The van der Waals surface area contributed by atoms with Crippen molar-refractivity contribution in [1.29, 1.82) is 0 Å². The smallest absolute Gasteiger partial charge is 0.238 e. The van der Waals surface area contributed by atoms with Crippen LogP contribution in [-0.2, 0) is 5.88 Å². The molecule has 0 N–H and O–H groups in total. The van der Waals surface area contributed by atoms with Gasteiger partial charge in [-0.2, -0.15) is 0 Å². The van der Waals surface area contributed by atoms with Gasteiger partial charge in [-0.05, 0) is 23.8 Å². The number of alkyl halides is 1. The van der Waals surface area contributed by atoms with E-state index in [1.54, 1.807) is 24.4 Å². The molecule has 0 bridgehead atoms. The van der Waals surface area contributed by atoms with Gasteiger partial charge in [0.2, 0.25) is 5.88 Å². The Morgan fingerprint density at radius 2 is 1.71 bits per heavy atom. The Balaban J connectivity index is 2.04. The fourth-order valence-electron chi connectivity index (χ4n) is 2.04. The van der Waals surface area contributed by atoms with Crippen molar-refractivity contribution < 1.29 is 4.74 Å². The van der Waals surface area contributed by atoms with Gasteiger partial charge < -0.3 is 4.74 Å². The number of hydrogen-bond acceptors (Lipinski definition) is 2. The van der Waals surface area contributed by atoms with Gasteiger partial charge in [-0.15, -0.1) is 11.6 Å². The maximum Gasteiger partial charge on any atom is 0.238 e. The molecule has 0 aliphatic carbocycles. The predicted molar refractivity (Wildman–Crippen MR) is 87.8 cm³/mol. The summed E-state index contributed by atoms with van der Waals surface area (Å²) in [5.74, 6) is 1.36. The fraction of sp³-hybridized carbons (Fsp3) is 0.0625. The molecule has 5 heteroatoms. The lowest BCUT2D eigenvalue weighted by Crippen LogP contribution is -1.92. The number of nitrogens with zero attached hydrogens (tertiary/aromatic N) is 1. The largest absolute Gasteiger partial charge is 0.437 e. The lowest BCUT2D eigenvalue weighted by Gasteiger charge is -2.10. The topological polar surface area (TPSA) is 22.1 Å². The van der Waals surface area contributed by atoms with Gasteiger partial charge in [0.05, 0.1) is 0 Å². The Labute approximate surface area is 137 Å². The summed E-state index contributed by atoms with van der Waals surface area (Å²) in [7, 11) is 0. The monoisotopic (exact) mass is 337 g/mol. The third-order valence-corrected chi connectivity index (χ3v) is 3.96. The van der Waals surface area contributed by atoms with Gasteiger partial charge in [0.1, 0.15) is 10.8 Å². The van der Waals surface area contributed by atoms with Crippen LogP contribution in [0.1, 0.15) is 5.56 Å². The minimum Gasteiger partial charge on any atom is -0.437 e. The first kappa shape index (κ1) is 14.5. The second-order valence-electron chi connectivity index (χ2n) is 4.46. The van der Waals surface area contributed by atoms with Crippen molar-refractivity contribution in [1.82, 2.24) is 4.98 Å². The van der Waals surface area contributed by atoms with E-state index in [-0.39, 0.29) is 0 Å². The number of halogens is 3. The van der Waals surface area contributed by atoms with Gasteiger partial charge in [-0.3, -0.25) is 0 Å². The first-order valence-electron chi connectivity index (χ1n) is 6.24. The summed E-state index contributed by atoms with van der Waals surface area (Å²) in [4.78, 5) is 4.20. The van der Waals surface area contributed by atoms with Crippen LogP contribution in [-0.4, -0.2) is 4.98 Å². The van der Waals surface area contributed by atoms with Crippen LogP contribution in [0.5, 0.6) is 11.6 Å². The van der Waals surface area contributed by atoms with Crippen LogP contribution in [0.4, 0.5) is 0 Å². The van der Waals surface area contributed by atoms with Gasteiger partial charge in [0.25, 0.3) is 0 Å². The Bertz CT molecular complexity index is 805. The normalized spacial score (nSPS) is 10.8. The van der Waals surface area contributed by atoms with Crippen LogP contribution in [0.15, 0.2) is 48.7 Å². The van der Waals surface area contributed by atoms with Gasteiger partial charge in [-0.1, -0.05) is 47.5 Å². The van der Waals surface area contributed by atoms with Crippen molar-refractivity contribution in [3.05, 3.63) is 64.3 Å². The zero-order chi connectivity index (χ0) is 14.8. The molecule has 1 aromatic heterocycles. The molecule has 0 unspecified atom stereocenters. The summed E-state index contributed by atoms with van der Waals surface area (Å²) in [6.45, 7) is 0. The zero-order valence-electron chi connectivity index (χ0n) is 10.8. The third kappa shape index (κ3) is 2.93. The maximum atomic E-state index is 6.19. The molecule has 0 saturated heterocycles. The molecule has 106 valence electrons. The molecule has 0 atom stereocenters. The van der Waals surface area contributed by atoms with Gasteiger partial charge in [0.15, 0.2) is 0 Å². The highest BCUT2D eigenvalue weighted by molar-refractivity contribution is 6.35. The molecule has 1 heterocycles. The summed E-state index contributed by atoms with van der Waals surface area (Å²) in [5, 5.41) is 2.93. The predicted octanol–water partition coefficient (Wildman–Crippen LogP) is 6.07. The molecular formula is C16H10Cl3NO. The zero-order valence-corrected chi connectivity index (χ0v) is 13.1. The Morgan fingerprint density at radius 1 is 0.952 bits per heavy atom. The van der Waals surface area contributed by atoms with E-state index >= 15 is 0 Å². The molecule has 0 radical (unpaired) electrons. The number of aromatic nitrogens is 1. The molecule has 3 rings (SSSR count). The number of rotatable bonds is 3. The van der Waals surface area contributed by atoms with Gasteiger partial charge >= 0.3 is 0 Å². The van der Waals surface area contributed by atoms with Crippen molar-refractivity contribution in [3.8, 4) is 11.6 Å². The second-order valence-corrected chi connectivity index (χ2v) is 5.54. The molecule has 0 spiro atoms. The molecule has 2 nitrogen and oxygen atoms in total. The first-order chi connectivity index (χ1) is 10.2. The summed E-state index contributed by atoms with van der Waals surface area (Å²) < 4.78 is 5.83. The van der Waals surface area contributed by atoms with E-state index in [9.17, 15) is 0 Å². The Kier molecular flexibility index (Phi) is 4.20. The lowest BCUT2D eigenvalue weighted by molar-refractivity contribution is 0.468. The minimum atomic E-state index is 0.345. The first-order valence-corrected chi connectivity index (χ1v) is 7.53. The van der Waals surface area contributed by atoms with Crippen LogP contribution in [0.2, 0.25) is 10.0 Å². The van der Waals surface area contributed by atoms with Crippen molar-refractivity contribution >= 4 is 45.6 Å². The lowest BCUT2D eigenvalue weighted by atomic mass is 10.1. The van der Waals surface area contributed by atoms with Crippen LogP contribution >= 0.6 is 34.8 Å². The van der Waals surface area contributed by atoms with Crippen molar-refractivity contribution in [2.45, 2.75) is 5.88 Å². The van der Waals surface area contributed by atoms with E-state index in [0.29, 0.717) is 27.6 Å². The Morgan fingerprint density at radius 3 is 2.43 bits per heavy atom. The number of hydrogen-bond donors (Lipinski definition) is 0. The van der Waals surface area contributed by atoms with E-state index in [0.717, 1.165) is 16.3 Å². The molecule has 0 aliphatic heterocycles. The standard InChI is InChI=1S/C16H10Cl3NO/c17-8-10-7-14(19)16(20-9-10)21-15-6-5-13(18)11-3-1-2-4-12(11)15/h1-7,9H,8H2. The maximum absolute atomic E-state index is 6.19. The SMILES string of the molecule is ClCc1cnc(Oc2ccc(Cl)c3ccccc23)c(Cl)c1. The molecule has 2 aromatic carbocycles. The molecule has 0 saturated carbocycles. The molecular weight excluding hydrogens is 329 g/mol. The molecule has 21 heavy (non-hydrogen) atoms. The van der Waals surface area contributed by atoms with Crippen molar-refractivity contribution in [3.63, 3.8) is 0 Å². The van der Waals surface area contributed by atoms with Crippen LogP contribution < -0.4 is 4.74 Å². The molecule has 0 amide bonds. The minimum absolute atomic E-state index is 0.345. The molecule has 3 aromatic rings. The van der Waals surface area contributed by atoms with Crippen LogP contribution in [0.25, 0.3) is 10.8 Å². The van der Waals surface area contributed by atoms with E-state index in [1.165, 1.54) is 0 Å². The highest BCUT2D eigenvalue weighted by atomic mass is 35.5. The quantitative estimate of drug-likeness (QED) is 0.540. The molecule has 0 fully saturated rings. The summed E-state index contributed by atoms with van der Waals surface area (Å²) in [6.07, 6.45) is 1.65. The summed E-state index contributed by atoms with van der Waals surface area (Å²) >= 11 is 18.1. The van der Waals surface area contributed by atoms with Crippen molar-refractivity contribution in [2.24, 2.45) is 0 Å². The highest BCUT2D eigenvalue weighted by Gasteiger charge is 2.10. The van der Waals surface area contributed by atoms with E-state index < -0.39 is 0 Å².